The monoisotopic (exact) mass is 368 g/mol. The van der Waals surface area contributed by atoms with Gasteiger partial charge in [-0.25, -0.2) is 4.98 Å². The van der Waals surface area contributed by atoms with Crippen molar-refractivity contribution >= 4 is 17.5 Å². The van der Waals surface area contributed by atoms with E-state index >= 15 is 0 Å². The molecule has 0 saturated carbocycles. The van der Waals surface area contributed by atoms with Crippen LogP contribution in [0, 0.1) is 5.92 Å². The van der Waals surface area contributed by atoms with Crippen molar-refractivity contribution in [2.75, 3.05) is 18.0 Å². The van der Waals surface area contributed by atoms with Gasteiger partial charge < -0.3 is 14.8 Å². The molecule has 6 nitrogen and oxygen atoms in total. The Labute approximate surface area is 160 Å². The van der Waals surface area contributed by atoms with Crippen LogP contribution < -0.4 is 10.2 Å². The lowest BCUT2D eigenvalue weighted by atomic mass is 9.96. The molecule has 1 aliphatic rings. The Hall–Kier alpha value is -2.63. The molecule has 27 heavy (non-hydrogen) atoms. The first kappa shape index (κ1) is 19.1. The first-order chi connectivity index (χ1) is 13.1. The number of imidazole rings is 1. The van der Waals surface area contributed by atoms with E-state index in [1.165, 1.54) is 5.56 Å². The van der Waals surface area contributed by atoms with E-state index < -0.39 is 0 Å². The Morgan fingerprint density at radius 2 is 2.19 bits per heavy atom. The molecule has 2 heterocycles. The van der Waals surface area contributed by atoms with Gasteiger partial charge in [0.2, 0.25) is 11.8 Å². The van der Waals surface area contributed by atoms with Gasteiger partial charge >= 0.3 is 0 Å². The number of anilines is 1. The van der Waals surface area contributed by atoms with Crippen LogP contribution >= 0.6 is 0 Å². The number of nitrogens with zero attached hydrogens (tertiary/aromatic N) is 3. The van der Waals surface area contributed by atoms with Crippen LogP contribution in [0.2, 0.25) is 0 Å². The summed E-state index contributed by atoms with van der Waals surface area (Å²) in [5.74, 6) is 0.0996. The number of aryl methyl sites for hydroxylation is 1. The lowest BCUT2D eigenvalue weighted by Gasteiger charge is -2.23. The maximum Gasteiger partial charge on any atom is 0.227 e. The first-order valence-corrected chi connectivity index (χ1v) is 9.73. The van der Waals surface area contributed by atoms with Crippen LogP contribution in [0.25, 0.3) is 0 Å². The SMILES string of the molecule is CCC(C)c1ccccc1N1CC(C(=O)NCCCn2ccnc2)CC1=O. The van der Waals surface area contributed by atoms with Crippen molar-refractivity contribution in [3.63, 3.8) is 0 Å². The minimum absolute atomic E-state index is 0.0301. The molecule has 0 aliphatic carbocycles. The number of carbonyl (C=O) groups is 2. The van der Waals surface area contributed by atoms with E-state index in [0.29, 0.717) is 19.0 Å². The zero-order chi connectivity index (χ0) is 19.2. The Bertz CT molecular complexity index is 772. The Morgan fingerprint density at radius 3 is 2.93 bits per heavy atom. The predicted molar refractivity (Wildman–Crippen MR) is 105 cm³/mol. The molecule has 1 aromatic carbocycles. The number of nitrogens with one attached hydrogen (secondary N) is 1. The highest BCUT2D eigenvalue weighted by Gasteiger charge is 2.36. The van der Waals surface area contributed by atoms with Crippen molar-refractivity contribution in [2.45, 2.75) is 45.6 Å². The number of hydrogen-bond donors (Lipinski definition) is 1. The van der Waals surface area contributed by atoms with E-state index in [-0.39, 0.29) is 24.2 Å². The summed E-state index contributed by atoms with van der Waals surface area (Å²) in [6.07, 6.45) is 7.55. The smallest absolute Gasteiger partial charge is 0.227 e. The minimum Gasteiger partial charge on any atom is -0.356 e. The standard InChI is InChI=1S/C21H28N4O2/c1-3-16(2)18-7-4-5-8-19(18)25-14-17(13-20(25)26)21(27)23-9-6-11-24-12-10-22-15-24/h4-5,7-8,10,12,15-17H,3,6,9,11,13-14H2,1-2H3,(H,23,27). The highest BCUT2D eigenvalue weighted by atomic mass is 16.2. The molecular weight excluding hydrogens is 340 g/mol. The summed E-state index contributed by atoms with van der Waals surface area (Å²) in [4.78, 5) is 30.9. The molecule has 0 bridgehead atoms. The van der Waals surface area contributed by atoms with Gasteiger partial charge in [0, 0.05) is 44.1 Å². The summed E-state index contributed by atoms with van der Waals surface area (Å²) in [5.41, 5.74) is 2.13. The summed E-state index contributed by atoms with van der Waals surface area (Å²) >= 11 is 0. The zero-order valence-corrected chi connectivity index (χ0v) is 16.1. The maximum atomic E-state index is 12.6. The summed E-state index contributed by atoms with van der Waals surface area (Å²) in [6, 6.07) is 8.04. The van der Waals surface area contributed by atoms with E-state index in [9.17, 15) is 9.59 Å². The molecule has 0 radical (unpaired) electrons. The number of para-hydroxylation sites is 1. The zero-order valence-electron chi connectivity index (χ0n) is 16.1. The summed E-state index contributed by atoms with van der Waals surface area (Å²) < 4.78 is 1.98. The topological polar surface area (TPSA) is 67.2 Å². The van der Waals surface area contributed by atoms with Gasteiger partial charge in [0.1, 0.15) is 0 Å². The van der Waals surface area contributed by atoms with Gasteiger partial charge in [-0.15, -0.1) is 0 Å². The molecular formula is C21H28N4O2. The van der Waals surface area contributed by atoms with Crippen LogP contribution in [-0.2, 0) is 16.1 Å². The lowest BCUT2D eigenvalue weighted by Crippen LogP contribution is -2.34. The van der Waals surface area contributed by atoms with Crippen molar-refractivity contribution in [3.8, 4) is 0 Å². The highest BCUT2D eigenvalue weighted by molar-refractivity contribution is 6.00. The Kier molecular flexibility index (Phi) is 6.27. The Balaban J connectivity index is 1.56. The molecule has 2 unspecified atom stereocenters. The van der Waals surface area contributed by atoms with E-state index in [1.807, 2.05) is 29.0 Å². The third-order valence-electron chi connectivity index (χ3n) is 5.32. The van der Waals surface area contributed by atoms with E-state index in [1.54, 1.807) is 17.4 Å². The summed E-state index contributed by atoms with van der Waals surface area (Å²) in [6.45, 7) is 6.19. The first-order valence-electron chi connectivity index (χ1n) is 9.73. The van der Waals surface area contributed by atoms with E-state index in [2.05, 4.69) is 30.2 Å². The van der Waals surface area contributed by atoms with Gasteiger partial charge in [-0.3, -0.25) is 9.59 Å². The van der Waals surface area contributed by atoms with Crippen molar-refractivity contribution in [3.05, 3.63) is 48.5 Å². The van der Waals surface area contributed by atoms with Crippen molar-refractivity contribution in [1.82, 2.24) is 14.9 Å². The number of rotatable bonds is 8. The van der Waals surface area contributed by atoms with Gasteiger partial charge in [0.25, 0.3) is 0 Å². The largest absolute Gasteiger partial charge is 0.356 e. The average molecular weight is 368 g/mol. The summed E-state index contributed by atoms with van der Waals surface area (Å²) in [7, 11) is 0. The number of carbonyl (C=O) groups excluding carboxylic acids is 2. The van der Waals surface area contributed by atoms with Crippen LogP contribution in [0.3, 0.4) is 0 Å². The minimum atomic E-state index is -0.282. The van der Waals surface area contributed by atoms with Crippen LogP contribution in [0.1, 0.15) is 44.6 Å². The number of hydrogen-bond acceptors (Lipinski definition) is 3. The Morgan fingerprint density at radius 1 is 1.37 bits per heavy atom. The third-order valence-corrected chi connectivity index (χ3v) is 5.32. The number of benzene rings is 1. The normalized spacial score (nSPS) is 17.9. The van der Waals surface area contributed by atoms with Crippen molar-refractivity contribution in [2.24, 2.45) is 5.92 Å². The third kappa shape index (κ3) is 4.56. The van der Waals surface area contributed by atoms with E-state index in [4.69, 9.17) is 0 Å². The van der Waals surface area contributed by atoms with Gasteiger partial charge in [0.15, 0.2) is 0 Å². The number of amides is 2. The fourth-order valence-electron chi connectivity index (χ4n) is 3.52. The highest BCUT2D eigenvalue weighted by Crippen LogP contribution is 2.33. The van der Waals surface area contributed by atoms with Crippen molar-refractivity contribution in [1.29, 1.82) is 0 Å². The van der Waals surface area contributed by atoms with Gasteiger partial charge in [-0.2, -0.15) is 0 Å². The van der Waals surface area contributed by atoms with Gasteiger partial charge in [0.05, 0.1) is 12.2 Å². The molecule has 1 fully saturated rings. The molecule has 3 rings (SSSR count). The molecule has 0 spiro atoms. The molecule has 144 valence electrons. The molecule has 2 atom stereocenters. The maximum absolute atomic E-state index is 12.6. The number of aromatic nitrogens is 2. The fraction of sp³-hybridized carbons (Fsp3) is 0.476. The second-order valence-corrected chi connectivity index (χ2v) is 7.22. The molecule has 2 aromatic rings. The van der Waals surface area contributed by atoms with E-state index in [0.717, 1.165) is 25.1 Å². The lowest BCUT2D eigenvalue weighted by molar-refractivity contribution is -0.126. The fourth-order valence-corrected chi connectivity index (χ4v) is 3.52. The average Bonchev–Trinajstić information content (AvgIpc) is 3.34. The quantitative estimate of drug-likeness (QED) is 0.729. The summed E-state index contributed by atoms with van der Waals surface area (Å²) in [5, 5.41) is 2.98. The second-order valence-electron chi connectivity index (χ2n) is 7.22. The van der Waals surface area contributed by atoms with Gasteiger partial charge in [-0.1, -0.05) is 32.0 Å². The van der Waals surface area contributed by atoms with Crippen molar-refractivity contribution < 1.29 is 9.59 Å². The van der Waals surface area contributed by atoms with Gasteiger partial charge in [-0.05, 0) is 30.4 Å². The molecule has 1 aliphatic heterocycles. The van der Waals surface area contributed by atoms with Crippen LogP contribution in [0.4, 0.5) is 5.69 Å². The second kappa shape index (κ2) is 8.84. The van der Waals surface area contributed by atoms with Crippen LogP contribution in [0.15, 0.2) is 43.0 Å². The molecule has 1 N–H and O–H groups in total. The molecule has 1 saturated heterocycles. The molecule has 1 aromatic heterocycles. The predicted octanol–water partition coefficient (Wildman–Crippen LogP) is 2.96. The molecule has 6 heteroatoms. The molecule has 2 amide bonds. The van der Waals surface area contributed by atoms with Crippen LogP contribution in [-0.4, -0.2) is 34.5 Å². The van der Waals surface area contributed by atoms with Crippen LogP contribution in [0.5, 0.6) is 0 Å².